The van der Waals surface area contributed by atoms with Crippen LogP contribution in [0.1, 0.15) is 20.8 Å². The van der Waals surface area contributed by atoms with E-state index in [1.807, 2.05) is 0 Å². The monoisotopic (exact) mass is 156 g/mol. The Bertz CT molecular complexity index is 123. The number of piperazine rings is 1. The molecule has 1 fully saturated rings. The maximum Gasteiger partial charge on any atom is 0.0198 e. The van der Waals surface area contributed by atoms with Crippen LogP contribution in [-0.4, -0.2) is 48.6 Å². The van der Waals surface area contributed by atoms with Crippen LogP contribution >= 0.6 is 0 Å². The van der Waals surface area contributed by atoms with Crippen LogP contribution in [0.4, 0.5) is 0 Å². The Morgan fingerprint density at radius 1 is 1.27 bits per heavy atom. The van der Waals surface area contributed by atoms with Crippen LogP contribution in [0.2, 0.25) is 0 Å². The fourth-order valence-electron chi connectivity index (χ4n) is 1.92. The highest BCUT2D eigenvalue weighted by atomic mass is 15.3. The van der Waals surface area contributed by atoms with Crippen molar-refractivity contribution in [2.45, 2.75) is 32.9 Å². The molecule has 0 N–H and O–H groups in total. The van der Waals surface area contributed by atoms with E-state index in [2.05, 4.69) is 37.6 Å². The van der Waals surface area contributed by atoms with Gasteiger partial charge in [-0.2, -0.15) is 0 Å². The molecule has 2 heteroatoms. The number of nitrogens with zero attached hydrogens (tertiary/aromatic N) is 2. The van der Waals surface area contributed by atoms with Crippen molar-refractivity contribution in [2.75, 3.05) is 26.7 Å². The fourth-order valence-corrected chi connectivity index (χ4v) is 1.92. The van der Waals surface area contributed by atoms with Crippen molar-refractivity contribution in [1.29, 1.82) is 0 Å². The quantitative estimate of drug-likeness (QED) is 0.559. The Labute approximate surface area is 70.2 Å². The predicted octanol–water partition coefficient (Wildman–Crippen LogP) is 1.03. The van der Waals surface area contributed by atoms with Crippen LogP contribution in [0.3, 0.4) is 0 Å². The third-order valence-corrected chi connectivity index (χ3v) is 2.55. The summed E-state index contributed by atoms with van der Waals surface area (Å²) in [6, 6.07) is 1.44. The SMILES string of the molecule is CC(C)N1CCN(C)C[C@@H]1C. The number of likely N-dealkylation sites (N-methyl/N-ethyl adjacent to an activating group) is 1. The van der Waals surface area contributed by atoms with E-state index in [0.717, 1.165) is 6.04 Å². The summed E-state index contributed by atoms with van der Waals surface area (Å²) in [5, 5.41) is 0. The van der Waals surface area contributed by atoms with Gasteiger partial charge in [0.05, 0.1) is 0 Å². The van der Waals surface area contributed by atoms with Gasteiger partial charge in [-0.15, -0.1) is 0 Å². The second-order valence-corrected chi connectivity index (χ2v) is 3.94. The molecule has 0 bridgehead atoms. The minimum atomic E-state index is 0.707. The lowest BCUT2D eigenvalue weighted by Gasteiger charge is -2.40. The molecule has 1 heterocycles. The van der Waals surface area contributed by atoms with Gasteiger partial charge >= 0.3 is 0 Å². The van der Waals surface area contributed by atoms with E-state index in [0.29, 0.717) is 6.04 Å². The average molecular weight is 156 g/mol. The van der Waals surface area contributed by atoms with E-state index in [9.17, 15) is 0 Å². The Balaban J connectivity index is 2.44. The number of hydrogen-bond donors (Lipinski definition) is 0. The molecular formula is C9H20N2. The first kappa shape index (κ1) is 9.01. The molecule has 0 aliphatic carbocycles. The van der Waals surface area contributed by atoms with Crippen molar-refractivity contribution in [3.05, 3.63) is 0 Å². The summed E-state index contributed by atoms with van der Waals surface area (Å²) in [6.07, 6.45) is 0. The highest BCUT2D eigenvalue weighted by Gasteiger charge is 2.22. The Kier molecular flexibility index (Phi) is 2.90. The molecule has 1 atom stereocenters. The first-order chi connectivity index (χ1) is 5.11. The van der Waals surface area contributed by atoms with Gasteiger partial charge in [0.2, 0.25) is 0 Å². The summed E-state index contributed by atoms with van der Waals surface area (Å²) in [6.45, 7) is 10.6. The van der Waals surface area contributed by atoms with Crippen LogP contribution in [0.5, 0.6) is 0 Å². The lowest BCUT2D eigenvalue weighted by Crippen LogP contribution is -2.52. The maximum atomic E-state index is 2.57. The third-order valence-electron chi connectivity index (χ3n) is 2.55. The minimum absolute atomic E-state index is 0.707. The largest absolute Gasteiger partial charge is 0.304 e. The molecule has 0 saturated carbocycles. The molecule has 0 aromatic carbocycles. The van der Waals surface area contributed by atoms with E-state index in [4.69, 9.17) is 0 Å². The lowest BCUT2D eigenvalue weighted by molar-refractivity contribution is 0.0741. The van der Waals surface area contributed by atoms with Gasteiger partial charge in [0.15, 0.2) is 0 Å². The number of hydrogen-bond acceptors (Lipinski definition) is 2. The van der Waals surface area contributed by atoms with Crippen molar-refractivity contribution >= 4 is 0 Å². The van der Waals surface area contributed by atoms with Gasteiger partial charge in [0.25, 0.3) is 0 Å². The van der Waals surface area contributed by atoms with Crippen molar-refractivity contribution in [1.82, 2.24) is 9.80 Å². The molecule has 0 unspecified atom stereocenters. The highest BCUT2D eigenvalue weighted by molar-refractivity contribution is 4.79. The van der Waals surface area contributed by atoms with Gasteiger partial charge in [-0.3, -0.25) is 4.90 Å². The molecule has 0 aromatic heterocycles. The van der Waals surface area contributed by atoms with E-state index in [1.165, 1.54) is 19.6 Å². The van der Waals surface area contributed by atoms with Gasteiger partial charge in [0.1, 0.15) is 0 Å². The molecule has 1 saturated heterocycles. The normalized spacial score (nSPS) is 29.7. The molecule has 2 nitrogen and oxygen atoms in total. The van der Waals surface area contributed by atoms with Gasteiger partial charge in [0, 0.05) is 31.7 Å². The third kappa shape index (κ3) is 2.17. The molecule has 11 heavy (non-hydrogen) atoms. The minimum Gasteiger partial charge on any atom is -0.304 e. The highest BCUT2D eigenvalue weighted by Crippen LogP contribution is 2.10. The zero-order valence-corrected chi connectivity index (χ0v) is 8.17. The van der Waals surface area contributed by atoms with Crippen LogP contribution in [0, 0.1) is 0 Å². The Hall–Kier alpha value is -0.0800. The summed E-state index contributed by atoms with van der Waals surface area (Å²) in [4.78, 5) is 4.98. The molecule has 0 aromatic rings. The topological polar surface area (TPSA) is 6.48 Å². The molecule has 66 valence electrons. The Morgan fingerprint density at radius 2 is 1.91 bits per heavy atom. The van der Waals surface area contributed by atoms with Crippen LogP contribution in [0.15, 0.2) is 0 Å². The van der Waals surface area contributed by atoms with Crippen LogP contribution < -0.4 is 0 Å². The lowest BCUT2D eigenvalue weighted by atomic mass is 10.1. The molecule has 1 aliphatic rings. The summed E-state index contributed by atoms with van der Waals surface area (Å²) in [5.41, 5.74) is 0. The molecule has 0 spiro atoms. The van der Waals surface area contributed by atoms with Gasteiger partial charge in [-0.1, -0.05) is 0 Å². The second kappa shape index (κ2) is 3.55. The van der Waals surface area contributed by atoms with E-state index in [-0.39, 0.29) is 0 Å². The van der Waals surface area contributed by atoms with Crippen molar-refractivity contribution in [3.63, 3.8) is 0 Å². The first-order valence-electron chi connectivity index (χ1n) is 4.55. The molecular weight excluding hydrogens is 136 g/mol. The van der Waals surface area contributed by atoms with E-state index in [1.54, 1.807) is 0 Å². The van der Waals surface area contributed by atoms with Gasteiger partial charge in [-0.05, 0) is 27.8 Å². The molecule has 1 rings (SSSR count). The standard InChI is InChI=1S/C9H20N2/c1-8(2)11-6-5-10(4)7-9(11)3/h8-9H,5-7H2,1-4H3/t9-/m0/s1. The van der Waals surface area contributed by atoms with Crippen molar-refractivity contribution < 1.29 is 0 Å². The Morgan fingerprint density at radius 3 is 2.36 bits per heavy atom. The zero-order chi connectivity index (χ0) is 8.43. The number of rotatable bonds is 1. The summed E-state index contributed by atoms with van der Waals surface area (Å²) >= 11 is 0. The van der Waals surface area contributed by atoms with E-state index >= 15 is 0 Å². The van der Waals surface area contributed by atoms with Crippen LogP contribution in [-0.2, 0) is 0 Å². The predicted molar refractivity (Wildman–Crippen MR) is 48.8 cm³/mol. The maximum absolute atomic E-state index is 2.57. The summed E-state index contributed by atoms with van der Waals surface area (Å²) < 4.78 is 0. The van der Waals surface area contributed by atoms with Crippen molar-refractivity contribution in [3.8, 4) is 0 Å². The van der Waals surface area contributed by atoms with Crippen molar-refractivity contribution in [2.24, 2.45) is 0 Å². The summed E-state index contributed by atoms with van der Waals surface area (Å²) in [5.74, 6) is 0. The first-order valence-corrected chi connectivity index (χ1v) is 4.55. The van der Waals surface area contributed by atoms with Gasteiger partial charge in [-0.25, -0.2) is 0 Å². The average Bonchev–Trinajstić information content (AvgIpc) is 1.85. The molecule has 1 aliphatic heterocycles. The second-order valence-electron chi connectivity index (χ2n) is 3.94. The van der Waals surface area contributed by atoms with Gasteiger partial charge < -0.3 is 4.90 Å². The smallest absolute Gasteiger partial charge is 0.0198 e. The van der Waals surface area contributed by atoms with E-state index < -0.39 is 0 Å². The molecule has 0 amide bonds. The zero-order valence-electron chi connectivity index (χ0n) is 8.17. The molecule has 0 radical (unpaired) electrons. The summed E-state index contributed by atoms with van der Waals surface area (Å²) in [7, 11) is 2.20. The fraction of sp³-hybridized carbons (Fsp3) is 1.00. The van der Waals surface area contributed by atoms with Crippen LogP contribution in [0.25, 0.3) is 0 Å².